The first-order valence-corrected chi connectivity index (χ1v) is 5.37. The number of hydrogen-bond donors (Lipinski definition) is 1. The first-order chi connectivity index (χ1) is 6.26. The molecule has 0 aliphatic heterocycles. The first-order valence-electron chi connectivity index (χ1n) is 4.55. The van der Waals surface area contributed by atoms with E-state index in [0.29, 0.717) is 0 Å². The third kappa shape index (κ3) is 7.88. The standard InChI is InChI=1S/C9H15NS.C2H6/c1-5-7-8(3)9(6-2)11-10-4;1-2/h5-7,10H,2H2,1,3-4H3;1-2H3/b7-5-,9-8+;. The third-order valence-corrected chi connectivity index (χ3v) is 2.12. The fourth-order valence-corrected chi connectivity index (χ4v) is 1.26. The van der Waals surface area contributed by atoms with Gasteiger partial charge in [-0.1, -0.05) is 38.7 Å². The van der Waals surface area contributed by atoms with Crippen molar-refractivity contribution in [3.05, 3.63) is 35.3 Å². The Hall–Kier alpha value is -0.470. The van der Waals surface area contributed by atoms with Gasteiger partial charge in [-0.05, 0) is 38.4 Å². The number of nitrogens with one attached hydrogen (secondary N) is 1. The Morgan fingerprint density at radius 3 is 2.23 bits per heavy atom. The van der Waals surface area contributed by atoms with Crippen LogP contribution in [0.2, 0.25) is 0 Å². The fourth-order valence-electron chi connectivity index (χ4n) is 0.725. The van der Waals surface area contributed by atoms with Gasteiger partial charge in [0.2, 0.25) is 0 Å². The van der Waals surface area contributed by atoms with Gasteiger partial charge in [0, 0.05) is 4.91 Å². The van der Waals surface area contributed by atoms with Gasteiger partial charge in [0.05, 0.1) is 0 Å². The van der Waals surface area contributed by atoms with Crippen molar-refractivity contribution >= 4 is 11.9 Å². The monoisotopic (exact) mass is 199 g/mol. The number of hydrogen-bond acceptors (Lipinski definition) is 2. The summed E-state index contributed by atoms with van der Waals surface area (Å²) in [6.07, 6.45) is 5.95. The summed E-state index contributed by atoms with van der Waals surface area (Å²) in [7, 11) is 1.90. The van der Waals surface area contributed by atoms with E-state index >= 15 is 0 Å². The smallest absolute Gasteiger partial charge is 0.0251 e. The summed E-state index contributed by atoms with van der Waals surface area (Å²) in [5, 5.41) is 0. The Labute approximate surface area is 87.1 Å². The third-order valence-electron chi connectivity index (χ3n) is 1.20. The molecule has 0 aromatic carbocycles. The molecule has 0 radical (unpaired) electrons. The highest BCUT2D eigenvalue weighted by atomic mass is 32.2. The van der Waals surface area contributed by atoms with E-state index in [1.807, 2.05) is 40.0 Å². The van der Waals surface area contributed by atoms with Crippen LogP contribution >= 0.6 is 11.9 Å². The van der Waals surface area contributed by atoms with Gasteiger partial charge in [-0.2, -0.15) is 0 Å². The Bertz CT molecular complexity index is 181. The summed E-state index contributed by atoms with van der Waals surface area (Å²) >= 11 is 1.58. The molecule has 0 heterocycles. The lowest BCUT2D eigenvalue weighted by Crippen LogP contribution is -1.92. The number of allylic oxidation sites excluding steroid dienone is 4. The fraction of sp³-hybridized carbons (Fsp3) is 0.455. The van der Waals surface area contributed by atoms with Gasteiger partial charge in [0.25, 0.3) is 0 Å². The molecule has 0 bridgehead atoms. The highest BCUT2D eigenvalue weighted by Crippen LogP contribution is 2.17. The van der Waals surface area contributed by atoms with Crippen LogP contribution in [0.1, 0.15) is 27.7 Å². The lowest BCUT2D eigenvalue weighted by Gasteiger charge is -2.01. The molecule has 0 saturated carbocycles. The van der Waals surface area contributed by atoms with Crippen molar-refractivity contribution in [1.29, 1.82) is 0 Å². The lowest BCUT2D eigenvalue weighted by atomic mass is 10.2. The minimum Gasteiger partial charge on any atom is -0.263 e. The van der Waals surface area contributed by atoms with Crippen molar-refractivity contribution in [2.24, 2.45) is 0 Å². The lowest BCUT2D eigenvalue weighted by molar-refractivity contribution is 1.30. The summed E-state index contributed by atoms with van der Waals surface area (Å²) in [6, 6.07) is 0. The second kappa shape index (κ2) is 11.5. The molecule has 0 atom stereocenters. The van der Waals surface area contributed by atoms with Crippen LogP contribution in [0.3, 0.4) is 0 Å². The largest absolute Gasteiger partial charge is 0.263 e. The molecule has 1 N–H and O–H groups in total. The topological polar surface area (TPSA) is 12.0 Å². The zero-order valence-electron chi connectivity index (χ0n) is 9.35. The summed E-state index contributed by atoms with van der Waals surface area (Å²) in [4.78, 5) is 1.17. The van der Waals surface area contributed by atoms with Gasteiger partial charge in [-0.25, -0.2) is 0 Å². The van der Waals surface area contributed by atoms with E-state index in [4.69, 9.17) is 0 Å². The minimum absolute atomic E-state index is 1.17. The van der Waals surface area contributed by atoms with Crippen molar-refractivity contribution in [1.82, 2.24) is 4.72 Å². The molecular formula is C11H21NS. The Balaban J connectivity index is 0. The quantitative estimate of drug-likeness (QED) is 0.544. The molecule has 0 aromatic heterocycles. The van der Waals surface area contributed by atoms with Crippen LogP contribution < -0.4 is 4.72 Å². The van der Waals surface area contributed by atoms with E-state index in [-0.39, 0.29) is 0 Å². The molecule has 0 spiro atoms. The average molecular weight is 199 g/mol. The van der Waals surface area contributed by atoms with E-state index < -0.39 is 0 Å². The molecule has 0 aliphatic rings. The molecule has 0 amide bonds. The first kappa shape index (κ1) is 15.0. The minimum atomic E-state index is 1.17. The van der Waals surface area contributed by atoms with E-state index in [9.17, 15) is 0 Å². The number of rotatable bonds is 4. The molecular weight excluding hydrogens is 178 g/mol. The molecule has 76 valence electrons. The molecule has 2 heteroatoms. The predicted molar refractivity (Wildman–Crippen MR) is 65.7 cm³/mol. The van der Waals surface area contributed by atoms with Gasteiger partial charge in [-0.15, -0.1) is 0 Å². The van der Waals surface area contributed by atoms with Crippen molar-refractivity contribution in [3.8, 4) is 0 Å². The van der Waals surface area contributed by atoms with Crippen LogP contribution in [0.25, 0.3) is 0 Å². The summed E-state index contributed by atoms with van der Waals surface area (Å²) in [5.74, 6) is 0. The highest BCUT2D eigenvalue weighted by molar-refractivity contribution is 8.01. The van der Waals surface area contributed by atoms with Gasteiger partial charge < -0.3 is 0 Å². The predicted octanol–water partition coefficient (Wildman–Crippen LogP) is 3.92. The van der Waals surface area contributed by atoms with Crippen LogP contribution in [0.15, 0.2) is 35.3 Å². The maximum atomic E-state index is 3.73. The molecule has 0 rings (SSSR count). The van der Waals surface area contributed by atoms with Crippen LogP contribution in [0, 0.1) is 0 Å². The zero-order chi connectivity index (χ0) is 10.7. The van der Waals surface area contributed by atoms with Crippen LogP contribution in [0.4, 0.5) is 0 Å². The SMILES string of the molecule is C=C/C(SNC)=C(C)\C=C/C.CC. The van der Waals surface area contributed by atoms with Crippen molar-refractivity contribution in [3.63, 3.8) is 0 Å². The van der Waals surface area contributed by atoms with Gasteiger partial charge in [-0.3, -0.25) is 4.72 Å². The summed E-state index contributed by atoms with van der Waals surface area (Å²) < 4.78 is 3.01. The van der Waals surface area contributed by atoms with E-state index in [2.05, 4.69) is 24.3 Å². The Kier molecular flexibility index (Phi) is 13.3. The highest BCUT2D eigenvalue weighted by Gasteiger charge is 1.93. The molecule has 13 heavy (non-hydrogen) atoms. The van der Waals surface area contributed by atoms with Crippen molar-refractivity contribution in [2.45, 2.75) is 27.7 Å². The molecule has 1 nitrogen and oxygen atoms in total. The van der Waals surface area contributed by atoms with Gasteiger partial charge >= 0.3 is 0 Å². The normalized spacial score (nSPS) is 11.8. The van der Waals surface area contributed by atoms with Gasteiger partial charge in [0.15, 0.2) is 0 Å². The maximum Gasteiger partial charge on any atom is 0.0251 e. The molecule has 0 unspecified atom stereocenters. The van der Waals surface area contributed by atoms with Crippen LogP contribution in [0.5, 0.6) is 0 Å². The summed E-state index contributed by atoms with van der Waals surface area (Å²) in [5.41, 5.74) is 1.24. The van der Waals surface area contributed by atoms with Crippen molar-refractivity contribution < 1.29 is 0 Å². The molecule has 0 saturated heterocycles. The van der Waals surface area contributed by atoms with Crippen LogP contribution in [-0.2, 0) is 0 Å². The van der Waals surface area contributed by atoms with E-state index in [0.717, 1.165) is 0 Å². The maximum absolute atomic E-state index is 3.73. The van der Waals surface area contributed by atoms with Crippen molar-refractivity contribution in [2.75, 3.05) is 7.05 Å². The van der Waals surface area contributed by atoms with E-state index in [1.54, 1.807) is 11.9 Å². The molecule has 0 aliphatic carbocycles. The Morgan fingerprint density at radius 2 is 1.92 bits per heavy atom. The molecule has 0 fully saturated rings. The second-order valence-electron chi connectivity index (χ2n) is 2.06. The van der Waals surface area contributed by atoms with E-state index in [1.165, 1.54) is 10.5 Å². The Morgan fingerprint density at radius 1 is 1.38 bits per heavy atom. The van der Waals surface area contributed by atoms with Crippen LogP contribution in [-0.4, -0.2) is 7.05 Å². The zero-order valence-corrected chi connectivity index (χ0v) is 10.2. The average Bonchev–Trinajstić information content (AvgIpc) is 2.17. The summed E-state index contributed by atoms with van der Waals surface area (Å²) in [6.45, 7) is 11.8. The second-order valence-corrected chi connectivity index (χ2v) is 3.11. The molecule has 0 aromatic rings. The van der Waals surface area contributed by atoms with Gasteiger partial charge in [0.1, 0.15) is 0 Å².